The fourth-order valence-corrected chi connectivity index (χ4v) is 4.07. The van der Waals surface area contributed by atoms with Gasteiger partial charge in [-0.15, -0.1) is 0 Å². The highest BCUT2D eigenvalue weighted by atomic mass is 32.1. The Kier molecular flexibility index (Phi) is 4.57. The van der Waals surface area contributed by atoms with Gasteiger partial charge in [-0.3, -0.25) is 10.1 Å². The molecule has 0 fully saturated rings. The van der Waals surface area contributed by atoms with Crippen LogP contribution in [-0.4, -0.2) is 30.1 Å². The number of hydrogen-bond acceptors (Lipinski definition) is 5. The molecule has 0 saturated heterocycles. The van der Waals surface area contributed by atoms with Crippen LogP contribution in [0, 0.1) is 0 Å². The number of thiophene rings is 1. The Bertz CT molecular complexity index is 1420. The maximum absolute atomic E-state index is 4.85. The number of imidazole rings is 1. The minimum atomic E-state index is 0.647. The Morgan fingerprint density at radius 2 is 2.17 bits per heavy atom. The Labute approximate surface area is 176 Å². The molecule has 5 aromatic rings. The highest BCUT2D eigenvalue weighted by molar-refractivity contribution is 7.08. The first kappa shape index (κ1) is 18.2. The molecule has 7 heteroatoms. The van der Waals surface area contributed by atoms with Gasteiger partial charge in [0.15, 0.2) is 11.5 Å². The predicted octanol–water partition coefficient (Wildman–Crippen LogP) is 5.77. The quantitative estimate of drug-likeness (QED) is 0.360. The van der Waals surface area contributed by atoms with Crippen LogP contribution in [0.4, 0.5) is 0 Å². The van der Waals surface area contributed by atoms with E-state index in [0.29, 0.717) is 11.5 Å². The van der Waals surface area contributed by atoms with Gasteiger partial charge in [0.05, 0.1) is 16.6 Å². The lowest BCUT2D eigenvalue weighted by molar-refractivity contribution is 1.09. The van der Waals surface area contributed by atoms with Gasteiger partial charge in [-0.25, -0.2) is 9.97 Å². The van der Waals surface area contributed by atoms with E-state index in [2.05, 4.69) is 49.2 Å². The van der Waals surface area contributed by atoms with E-state index in [1.807, 2.05) is 42.8 Å². The zero-order valence-corrected chi connectivity index (χ0v) is 17.1. The van der Waals surface area contributed by atoms with Crippen molar-refractivity contribution in [1.82, 2.24) is 30.1 Å². The van der Waals surface area contributed by atoms with Crippen molar-refractivity contribution in [3.05, 3.63) is 77.8 Å². The smallest absolute Gasteiger partial charge is 0.181 e. The van der Waals surface area contributed by atoms with Crippen molar-refractivity contribution in [2.24, 2.45) is 0 Å². The average molecular weight is 411 g/mol. The van der Waals surface area contributed by atoms with E-state index in [1.54, 1.807) is 23.6 Å². The molecule has 0 aliphatic heterocycles. The van der Waals surface area contributed by atoms with Crippen LogP contribution in [0.2, 0.25) is 0 Å². The molecule has 0 bridgehead atoms. The molecule has 146 valence electrons. The molecule has 0 aliphatic rings. The average Bonchev–Trinajstić information content (AvgIpc) is 3.52. The number of nitrogens with one attached hydrogen (secondary N) is 2. The topological polar surface area (TPSA) is 83.1 Å². The zero-order chi connectivity index (χ0) is 20.5. The van der Waals surface area contributed by atoms with Crippen molar-refractivity contribution in [3.8, 4) is 22.8 Å². The highest BCUT2D eigenvalue weighted by Gasteiger charge is 2.16. The van der Waals surface area contributed by atoms with Gasteiger partial charge in [0.2, 0.25) is 0 Å². The van der Waals surface area contributed by atoms with Gasteiger partial charge in [-0.2, -0.15) is 16.4 Å². The summed E-state index contributed by atoms with van der Waals surface area (Å²) in [6, 6.07) is 6.06. The summed E-state index contributed by atoms with van der Waals surface area (Å²) in [4.78, 5) is 17.3. The standard InChI is InChI=1S/C23H18N6S/c1-3-5-6-14(4-2)16-11-17-20(28-29-22(17)25-12-16)23-26-18-7-9-24-19(21(18)27-23)15-8-10-30-13-15/h3-13H,1H2,2H3,(H,26,27)(H,25,28,29)/b6-5-,14-4+. The van der Waals surface area contributed by atoms with Gasteiger partial charge in [0, 0.05) is 28.9 Å². The number of H-pyrrole nitrogens is 2. The van der Waals surface area contributed by atoms with Crippen molar-refractivity contribution < 1.29 is 0 Å². The number of hydrogen-bond donors (Lipinski definition) is 2. The van der Waals surface area contributed by atoms with Crippen LogP contribution in [0.25, 0.3) is 50.4 Å². The van der Waals surface area contributed by atoms with Crippen LogP contribution >= 0.6 is 11.3 Å². The van der Waals surface area contributed by atoms with E-state index in [9.17, 15) is 0 Å². The van der Waals surface area contributed by atoms with Crippen LogP contribution < -0.4 is 0 Å². The minimum Gasteiger partial charge on any atom is -0.337 e. The van der Waals surface area contributed by atoms with Crippen molar-refractivity contribution in [1.29, 1.82) is 0 Å². The lowest BCUT2D eigenvalue weighted by Crippen LogP contribution is -1.86. The molecular weight excluding hydrogens is 392 g/mol. The summed E-state index contributed by atoms with van der Waals surface area (Å²) in [7, 11) is 0. The Morgan fingerprint density at radius 3 is 2.97 bits per heavy atom. The first-order valence-corrected chi connectivity index (χ1v) is 10.4. The first-order chi connectivity index (χ1) is 14.8. The fraction of sp³-hybridized carbons (Fsp3) is 0.0435. The fourth-order valence-electron chi connectivity index (χ4n) is 3.43. The minimum absolute atomic E-state index is 0.647. The second kappa shape index (κ2) is 7.53. The highest BCUT2D eigenvalue weighted by Crippen LogP contribution is 2.31. The lowest BCUT2D eigenvalue weighted by atomic mass is 10.1. The normalized spacial score (nSPS) is 12.4. The second-order valence-electron chi connectivity index (χ2n) is 6.69. The van der Waals surface area contributed by atoms with E-state index in [-0.39, 0.29) is 0 Å². The molecule has 0 unspecified atom stereocenters. The van der Waals surface area contributed by atoms with Crippen LogP contribution in [0.1, 0.15) is 12.5 Å². The van der Waals surface area contributed by atoms with E-state index >= 15 is 0 Å². The number of aromatic nitrogens is 6. The molecule has 0 aliphatic carbocycles. The van der Waals surface area contributed by atoms with Crippen LogP contribution in [-0.2, 0) is 0 Å². The monoisotopic (exact) mass is 410 g/mol. The van der Waals surface area contributed by atoms with Crippen molar-refractivity contribution in [3.63, 3.8) is 0 Å². The van der Waals surface area contributed by atoms with Crippen molar-refractivity contribution in [2.45, 2.75) is 6.92 Å². The number of rotatable bonds is 5. The van der Waals surface area contributed by atoms with Gasteiger partial charge in [-0.1, -0.05) is 30.9 Å². The van der Waals surface area contributed by atoms with Gasteiger partial charge < -0.3 is 4.98 Å². The molecule has 0 saturated carbocycles. The molecule has 0 aromatic carbocycles. The van der Waals surface area contributed by atoms with Crippen LogP contribution in [0.3, 0.4) is 0 Å². The molecule has 0 spiro atoms. The molecule has 30 heavy (non-hydrogen) atoms. The maximum atomic E-state index is 4.85. The van der Waals surface area contributed by atoms with Gasteiger partial charge in [0.1, 0.15) is 11.2 Å². The van der Waals surface area contributed by atoms with Crippen molar-refractivity contribution in [2.75, 3.05) is 0 Å². The third-order valence-corrected chi connectivity index (χ3v) is 5.58. The molecule has 5 heterocycles. The molecular formula is C23H18N6S. The third kappa shape index (κ3) is 3.05. The summed E-state index contributed by atoms with van der Waals surface area (Å²) in [6.45, 7) is 5.74. The molecule has 0 amide bonds. The Balaban J connectivity index is 1.65. The number of allylic oxidation sites excluding steroid dienone is 5. The molecule has 0 atom stereocenters. The largest absolute Gasteiger partial charge is 0.337 e. The summed E-state index contributed by atoms with van der Waals surface area (Å²) in [6.07, 6.45) is 11.3. The molecule has 2 N–H and O–H groups in total. The third-order valence-electron chi connectivity index (χ3n) is 4.90. The van der Waals surface area contributed by atoms with Crippen LogP contribution in [0.5, 0.6) is 0 Å². The number of fused-ring (bicyclic) bond motifs is 2. The number of pyridine rings is 2. The Hall–Kier alpha value is -3.84. The van der Waals surface area contributed by atoms with Gasteiger partial charge >= 0.3 is 0 Å². The molecule has 0 radical (unpaired) electrons. The Morgan fingerprint density at radius 1 is 1.23 bits per heavy atom. The van der Waals surface area contributed by atoms with Gasteiger partial charge in [0.25, 0.3) is 0 Å². The van der Waals surface area contributed by atoms with E-state index in [1.165, 1.54) is 0 Å². The van der Waals surface area contributed by atoms with E-state index in [4.69, 9.17) is 4.98 Å². The summed E-state index contributed by atoms with van der Waals surface area (Å²) in [5.41, 5.74) is 7.20. The molecule has 5 rings (SSSR count). The zero-order valence-electron chi connectivity index (χ0n) is 16.3. The predicted molar refractivity (Wildman–Crippen MR) is 123 cm³/mol. The summed E-state index contributed by atoms with van der Waals surface area (Å²) >= 11 is 1.64. The summed E-state index contributed by atoms with van der Waals surface area (Å²) in [5, 5.41) is 12.5. The van der Waals surface area contributed by atoms with E-state index < -0.39 is 0 Å². The SMILES string of the molecule is C=C/C=C\C(=C/C)c1cnc2n[nH]c(-c3nc4c(-c5ccsc5)nccc4[nH]3)c2c1. The first-order valence-electron chi connectivity index (χ1n) is 9.46. The van der Waals surface area contributed by atoms with Gasteiger partial charge in [-0.05, 0) is 36.1 Å². The molecule has 5 aromatic heterocycles. The number of aromatic amines is 2. The lowest BCUT2D eigenvalue weighted by Gasteiger charge is -2.02. The van der Waals surface area contributed by atoms with Crippen molar-refractivity contribution >= 4 is 39.0 Å². The second-order valence-corrected chi connectivity index (χ2v) is 7.47. The molecule has 6 nitrogen and oxygen atoms in total. The maximum Gasteiger partial charge on any atom is 0.181 e. The number of nitrogens with zero attached hydrogens (tertiary/aromatic N) is 4. The van der Waals surface area contributed by atoms with E-state index in [0.717, 1.165) is 44.5 Å². The summed E-state index contributed by atoms with van der Waals surface area (Å²) in [5.74, 6) is 0.708. The van der Waals surface area contributed by atoms with Crippen LogP contribution in [0.15, 0.2) is 72.2 Å². The summed E-state index contributed by atoms with van der Waals surface area (Å²) < 4.78 is 0.